The van der Waals surface area contributed by atoms with Gasteiger partial charge in [-0.3, -0.25) is 4.79 Å². The SMILES string of the molecule is CC(C)Oc1ccc(-c2nc(-c3ccc4[nH]c5c(c4c3)CCC5CC(=O)O)no2)cc1F. The van der Waals surface area contributed by atoms with Crippen molar-refractivity contribution in [3.63, 3.8) is 0 Å². The summed E-state index contributed by atoms with van der Waals surface area (Å²) in [5.74, 6) is -0.474. The van der Waals surface area contributed by atoms with E-state index in [0.29, 0.717) is 11.4 Å². The number of carboxylic acid groups (broad SMARTS) is 1. The van der Waals surface area contributed by atoms with Gasteiger partial charge in [-0.05, 0) is 68.7 Å². The summed E-state index contributed by atoms with van der Waals surface area (Å²) in [6, 6.07) is 10.4. The van der Waals surface area contributed by atoms with Crippen molar-refractivity contribution in [2.75, 3.05) is 0 Å². The molecule has 0 fully saturated rings. The van der Waals surface area contributed by atoms with E-state index in [1.807, 2.05) is 32.0 Å². The molecule has 5 rings (SSSR count). The van der Waals surface area contributed by atoms with Gasteiger partial charge in [0.15, 0.2) is 11.6 Å². The van der Waals surface area contributed by atoms with Crippen molar-refractivity contribution >= 4 is 16.9 Å². The summed E-state index contributed by atoms with van der Waals surface area (Å²) < 4.78 is 25.2. The molecule has 0 amide bonds. The van der Waals surface area contributed by atoms with Gasteiger partial charge in [0.1, 0.15) is 0 Å². The second kappa shape index (κ2) is 7.78. The first-order valence-electron chi connectivity index (χ1n) is 10.6. The van der Waals surface area contributed by atoms with Crippen molar-refractivity contribution in [1.82, 2.24) is 15.1 Å². The van der Waals surface area contributed by atoms with Crippen molar-refractivity contribution in [3.8, 4) is 28.6 Å². The molecule has 164 valence electrons. The average molecular weight is 435 g/mol. The quantitative estimate of drug-likeness (QED) is 0.425. The summed E-state index contributed by atoms with van der Waals surface area (Å²) in [5.41, 5.74) is 4.36. The fraction of sp³-hybridized carbons (Fsp3) is 0.292. The van der Waals surface area contributed by atoms with Gasteiger partial charge in [0.25, 0.3) is 5.89 Å². The molecule has 0 saturated heterocycles. The first-order chi connectivity index (χ1) is 15.4. The van der Waals surface area contributed by atoms with Crippen LogP contribution in [0, 0.1) is 5.82 Å². The van der Waals surface area contributed by atoms with Crippen LogP contribution in [0.3, 0.4) is 0 Å². The number of nitrogens with one attached hydrogen (secondary N) is 1. The maximum absolute atomic E-state index is 14.3. The smallest absolute Gasteiger partial charge is 0.304 e. The summed E-state index contributed by atoms with van der Waals surface area (Å²) in [7, 11) is 0. The van der Waals surface area contributed by atoms with Crippen LogP contribution in [0.2, 0.25) is 0 Å². The Morgan fingerprint density at radius 1 is 1.28 bits per heavy atom. The number of ether oxygens (including phenoxy) is 1. The van der Waals surface area contributed by atoms with Crippen LogP contribution in [0.5, 0.6) is 5.75 Å². The van der Waals surface area contributed by atoms with Crippen LogP contribution >= 0.6 is 0 Å². The molecule has 2 N–H and O–H groups in total. The Bertz CT molecular complexity index is 1320. The molecule has 0 spiro atoms. The molecule has 1 aliphatic rings. The Morgan fingerprint density at radius 3 is 2.84 bits per heavy atom. The largest absolute Gasteiger partial charge is 0.488 e. The van der Waals surface area contributed by atoms with Crippen LogP contribution in [0.4, 0.5) is 4.39 Å². The van der Waals surface area contributed by atoms with Gasteiger partial charge in [-0.2, -0.15) is 4.98 Å². The number of nitrogens with zero attached hydrogens (tertiary/aromatic N) is 2. The van der Waals surface area contributed by atoms with Crippen molar-refractivity contribution < 1.29 is 23.6 Å². The average Bonchev–Trinajstić information content (AvgIpc) is 3.45. The molecule has 2 aromatic heterocycles. The Balaban J connectivity index is 1.45. The van der Waals surface area contributed by atoms with Gasteiger partial charge in [-0.1, -0.05) is 5.16 Å². The molecule has 0 radical (unpaired) electrons. The fourth-order valence-corrected chi connectivity index (χ4v) is 4.34. The van der Waals surface area contributed by atoms with E-state index in [1.165, 1.54) is 6.07 Å². The predicted octanol–water partition coefficient (Wildman–Crippen LogP) is 5.32. The molecule has 32 heavy (non-hydrogen) atoms. The minimum atomic E-state index is -0.790. The molecule has 0 aliphatic heterocycles. The molecule has 2 aromatic carbocycles. The highest BCUT2D eigenvalue weighted by Gasteiger charge is 2.28. The number of carboxylic acids is 1. The Kier molecular flexibility index (Phi) is 4.92. The van der Waals surface area contributed by atoms with Gasteiger partial charge < -0.3 is 19.4 Å². The number of aromatic nitrogens is 3. The number of aliphatic carboxylic acids is 1. The topological polar surface area (TPSA) is 101 Å². The third-order valence-corrected chi connectivity index (χ3v) is 5.74. The van der Waals surface area contributed by atoms with E-state index in [4.69, 9.17) is 14.4 Å². The first-order valence-corrected chi connectivity index (χ1v) is 10.6. The molecule has 8 heteroatoms. The van der Waals surface area contributed by atoms with Crippen molar-refractivity contribution in [2.24, 2.45) is 0 Å². The highest BCUT2D eigenvalue weighted by molar-refractivity contribution is 5.89. The van der Waals surface area contributed by atoms with E-state index in [2.05, 4.69) is 15.1 Å². The molecule has 7 nitrogen and oxygen atoms in total. The summed E-state index contributed by atoms with van der Waals surface area (Å²) in [6.45, 7) is 3.67. The first kappa shape index (κ1) is 20.2. The highest BCUT2D eigenvalue weighted by Crippen LogP contribution is 2.40. The minimum Gasteiger partial charge on any atom is -0.488 e. The standard InChI is InChI=1S/C24H22FN3O4/c1-12(2)31-20-8-5-15(10-18(20)25)24-27-23(28-32-24)14-4-7-19-17(9-14)16-6-3-13(11-21(29)30)22(16)26-19/h4-5,7-10,12-13,26H,3,6,11H2,1-2H3,(H,29,30). The van der Waals surface area contributed by atoms with Gasteiger partial charge in [-0.25, -0.2) is 4.39 Å². The third kappa shape index (κ3) is 3.62. The zero-order valence-corrected chi connectivity index (χ0v) is 17.7. The third-order valence-electron chi connectivity index (χ3n) is 5.74. The number of aryl methyl sites for hydroxylation is 1. The molecular formula is C24H22FN3O4. The number of hydrogen-bond acceptors (Lipinski definition) is 5. The van der Waals surface area contributed by atoms with E-state index in [0.717, 1.165) is 40.6 Å². The lowest BCUT2D eigenvalue weighted by Gasteiger charge is -2.10. The zero-order valence-electron chi connectivity index (χ0n) is 17.7. The van der Waals surface area contributed by atoms with Crippen LogP contribution in [-0.4, -0.2) is 32.3 Å². The monoisotopic (exact) mass is 435 g/mol. The van der Waals surface area contributed by atoms with Crippen molar-refractivity contribution in [3.05, 3.63) is 53.5 Å². The van der Waals surface area contributed by atoms with E-state index >= 15 is 0 Å². The molecule has 4 aromatic rings. The molecule has 1 unspecified atom stereocenters. The molecule has 1 aliphatic carbocycles. The second-order valence-electron chi connectivity index (χ2n) is 8.35. The van der Waals surface area contributed by atoms with Crippen molar-refractivity contribution in [1.29, 1.82) is 0 Å². The van der Waals surface area contributed by atoms with Gasteiger partial charge in [0, 0.05) is 33.6 Å². The Morgan fingerprint density at radius 2 is 2.09 bits per heavy atom. The predicted molar refractivity (Wildman–Crippen MR) is 116 cm³/mol. The van der Waals surface area contributed by atoms with Crippen LogP contribution < -0.4 is 4.74 Å². The lowest BCUT2D eigenvalue weighted by molar-refractivity contribution is -0.137. The number of aromatic amines is 1. The summed E-state index contributed by atoms with van der Waals surface area (Å²) in [5, 5.41) is 14.3. The Labute approximate surface area is 183 Å². The van der Waals surface area contributed by atoms with Crippen LogP contribution in [-0.2, 0) is 11.2 Å². The normalized spacial score (nSPS) is 15.4. The summed E-state index contributed by atoms with van der Waals surface area (Å²) in [6.07, 6.45) is 1.65. The number of fused-ring (bicyclic) bond motifs is 3. The van der Waals surface area contributed by atoms with Crippen LogP contribution in [0.15, 0.2) is 40.9 Å². The van der Waals surface area contributed by atoms with Gasteiger partial charge in [0.2, 0.25) is 5.82 Å². The highest BCUT2D eigenvalue weighted by atomic mass is 19.1. The number of hydrogen-bond donors (Lipinski definition) is 2. The maximum atomic E-state index is 14.3. The van der Waals surface area contributed by atoms with Gasteiger partial charge in [-0.15, -0.1) is 0 Å². The number of carbonyl (C=O) groups is 1. The lowest BCUT2D eigenvalue weighted by Crippen LogP contribution is -2.06. The Hall–Kier alpha value is -3.68. The molecular weight excluding hydrogens is 413 g/mol. The molecule has 1 atom stereocenters. The van der Waals surface area contributed by atoms with Crippen LogP contribution in [0.25, 0.3) is 33.7 Å². The summed E-state index contributed by atoms with van der Waals surface area (Å²) in [4.78, 5) is 19.0. The van der Waals surface area contributed by atoms with Crippen molar-refractivity contribution in [2.45, 2.75) is 45.1 Å². The fourth-order valence-electron chi connectivity index (χ4n) is 4.34. The second-order valence-corrected chi connectivity index (χ2v) is 8.35. The number of H-pyrrole nitrogens is 1. The molecule has 2 heterocycles. The lowest BCUT2D eigenvalue weighted by atomic mass is 10.0. The van der Waals surface area contributed by atoms with E-state index in [-0.39, 0.29) is 30.1 Å². The summed E-state index contributed by atoms with van der Waals surface area (Å²) >= 11 is 0. The molecule has 0 saturated carbocycles. The molecule has 0 bridgehead atoms. The van der Waals surface area contributed by atoms with E-state index in [9.17, 15) is 9.18 Å². The minimum absolute atomic E-state index is 0.00710. The number of halogens is 1. The number of rotatable bonds is 6. The van der Waals surface area contributed by atoms with Gasteiger partial charge in [0.05, 0.1) is 12.5 Å². The van der Waals surface area contributed by atoms with Crippen LogP contribution in [0.1, 0.15) is 43.9 Å². The van der Waals surface area contributed by atoms with Gasteiger partial charge >= 0.3 is 5.97 Å². The van der Waals surface area contributed by atoms with E-state index in [1.54, 1.807) is 12.1 Å². The maximum Gasteiger partial charge on any atom is 0.304 e. The zero-order chi connectivity index (χ0) is 22.4. The number of benzene rings is 2. The van der Waals surface area contributed by atoms with E-state index < -0.39 is 11.8 Å².